The third kappa shape index (κ3) is 6.30. The topological polar surface area (TPSA) is 71.5 Å². The number of amides is 1. The van der Waals surface area contributed by atoms with E-state index in [0.29, 0.717) is 5.92 Å². The Morgan fingerprint density at radius 2 is 1.77 bits per heavy atom. The van der Waals surface area contributed by atoms with Gasteiger partial charge < -0.3 is 15.2 Å². The molecule has 0 saturated carbocycles. The highest BCUT2D eigenvalue weighted by atomic mass is 16.5. The number of carbonyl (C=O) groups excluding carboxylic acids is 1. The molecule has 0 aliphatic heterocycles. The summed E-state index contributed by atoms with van der Waals surface area (Å²) < 4.78 is 5.61. The number of carbonyl (C=O) groups is 1. The molecule has 1 aromatic carbocycles. The van der Waals surface area contributed by atoms with Gasteiger partial charge in [0.1, 0.15) is 6.61 Å². The lowest BCUT2D eigenvalue weighted by Crippen LogP contribution is -2.40. The Labute approximate surface area is 180 Å². The highest BCUT2D eigenvalue weighted by molar-refractivity contribution is 5.74. The van der Waals surface area contributed by atoms with E-state index >= 15 is 0 Å². The number of benzene rings is 1. The molecular formula is C25H36N2O3. The van der Waals surface area contributed by atoms with Crippen molar-refractivity contribution in [3.63, 3.8) is 0 Å². The van der Waals surface area contributed by atoms with Crippen molar-refractivity contribution in [1.29, 1.82) is 0 Å². The average Bonchev–Trinajstić information content (AvgIpc) is 2.65. The number of aryl methyl sites for hydroxylation is 2. The second kappa shape index (κ2) is 10.1. The highest BCUT2D eigenvalue weighted by Gasteiger charge is 2.22. The van der Waals surface area contributed by atoms with Gasteiger partial charge in [0.25, 0.3) is 0 Å². The predicted molar refractivity (Wildman–Crippen MR) is 121 cm³/mol. The number of nitrogens with zero attached hydrogens (tertiary/aromatic N) is 1. The van der Waals surface area contributed by atoms with Crippen molar-refractivity contribution in [2.45, 2.75) is 80.1 Å². The van der Waals surface area contributed by atoms with Crippen molar-refractivity contribution < 1.29 is 14.6 Å². The Kier molecular flexibility index (Phi) is 8.02. The van der Waals surface area contributed by atoms with Crippen molar-refractivity contribution in [2.75, 3.05) is 0 Å². The van der Waals surface area contributed by atoms with Gasteiger partial charge in [-0.05, 0) is 57.6 Å². The Morgan fingerprint density at radius 1 is 1.13 bits per heavy atom. The number of hydrogen-bond donors (Lipinski definition) is 2. The maximum atomic E-state index is 12.3. The molecular weight excluding hydrogens is 376 g/mol. The Morgan fingerprint density at radius 3 is 2.27 bits per heavy atom. The van der Waals surface area contributed by atoms with Gasteiger partial charge in [-0.15, -0.1) is 0 Å². The van der Waals surface area contributed by atoms with Crippen LogP contribution in [0.1, 0.15) is 69.6 Å². The Balaban J connectivity index is 2.61. The zero-order valence-electron chi connectivity index (χ0n) is 19.4. The summed E-state index contributed by atoms with van der Waals surface area (Å²) in [4.78, 5) is 17.2. The van der Waals surface area contributed by atoms with Crippen LogP contribution in [-0.4, -0.2) is 21.7 Å². The summed E-state index contributed by atoms with van der Waals surface area (Å²) >= 11 is 0. The van der Waals surface area contributed by atoms with Crippen molar-refractivity contribution in [2.24, 2.45) is 5.92 Å². The molecule has 0 aliphatic carbocycles. The van der Waals surface area contributed by atoms with E-state index in [0.717, 1.165) is 46.5 Å². The first-order chi connectivity index (χ1) is 14.1. The summed E-state index contributed by atoms with van der Waals surface area (Å²) in [7, 11) is 0. The van der Waals surface area contributed by atoms with E-state index in [1.807, 2.05) is 34.6 Å². The first kappa shape index (κ1) is 23.9. The number of hydrogen-bond acceptors (Lipinski definition) is 4. The van der Waals surface area contributed by atoms with Gasteiger partial charge in [-0.2, -0.15) is 0 Å². The Hall–Kier alpha value is -2.40. The maximum absolute atomic E-state index is 12.3. The second-order valence-electron chi connectivity index (χ2n) is 9.26. The zero-order chi connectivity index (χ0) is 22.5. The molecule has 1 amide bonds. The van der Waals surface area contributed by atoms with E-state index < -0.39 is 6.09 Å². The van der Waals surface area contributed by atoms with Gasteiger partial charge in [-0.25, -0.2) is 4.79 Å². The number of alkyl carbamates (subject to hydrolysis) is 1. The number of ether oxygens (including phenoxy) is 1. The molecule has 2 N–H and O–H groups in total. The van der Waals surface area contributed by atoms with Crippen LogP contribution in [0.25, 0.3) is 11.1 Å². The van der Waals surface area contributed by atoms with Gasteiger partial charge in [-0.3, -0.25) is 4.98 Å². The molecule has 0 fully saturated rings. The molecule has 2 rings (SSSR count). The highest BCUT2D eigenvalue weighted by Crippen LogP contribution is 2.34. The maximum Gasteiger partial charge on any atom is 0.407 e. The monoisotopic (exact) mass is 412 g/mol. The molecule has 164 valence electrons. The van der Waals surface area contributed by atoms with Crippen molar-refractivity contribution >= 4 is 6.09 Å². The Bertz CT molecular complexity index is 865. The molecule has 5 nitrogen and oxygen atoms in total. The van der Waals surface area contributed by atoms with Crippen molar-refractivity contribution in [1.82, 2.24) is 10.3 Å². The van der Waals surface area contributed by atoms with Crippen LogP contribution >= 0.6 is 0 Å². The van der Waals surface area contributed by atoms with Gasteiger partial charge in [-0.1, -0.05) is 50.6 Å². The predicted octanol–water partition coefficient (Wildman–Crippen LogP) is 5.33. The molecule has 0 unspecified atom stereocenters. The van der Waals surface area contributed by atoms with Crippen LogP contribution in [0.3, 0.4) is 0 Å². The summed E-state index contributed by atoms with van der Waals surface area (Å²) in [6.07, 6.45) is 1.04. The minimum atomic E-state index is -0.460. The molecule has 0 atom stereocenters. The fraction of sp³-hybridized carbons (Fsp3) is 0.520. The van der Waals surface area contributed by atoms with E-state index in [-0.39, 0.29) is 18.8 Å². The van der Waals surface area contributed by atoms with Gasteiger partial charge in [0.15, 0.2) is 0 Å². The van der Waals surface area contributed by atoms with Crippen LogP contribution in [0.5, 0.6) is 0 Å². The quantitative estimate of drug-likeness (QED) is 0.644. The van der Waals surface area contributed by atoms with E-state index in [4.69, 9.17) is 9.72 Å². The van der Waals surface area contributed by atoms with Crippen LogP contribution in [0.4, 0.5) is 4.79 Å². The minimum Gasteiger partial charge on any atom is -0.445 e. The third-order valence-corrected chi connectivity index (χ3v) is 4.83. The van der Waals surface area contributed by atoms with Gasteiger partial charge >= 0.3 is 6.09 Å². The van der Waals surface area contributed by atoms with Crippen LogP contribution < -0.4 is 5.32 Å². The van der Waals surface area contributed by atoms with Crippen LogP contribution in [0.2, 0.25) is 0 Å². The first-order valence-electron chi connectivity index (χ1n) is 10.7. The summed E-state index contributed by atoms with van der Waals surface area (Å²) in [5.41, 5.74) is 6.23. The number of nitrogens with one attached hydrogen (secondary N) is 1. The molecule has 2 aromatic rings. The average molecular weight is 413 g/mol. The fourth-order valence-electron chi connectivity index (χ4n) is 3.49. The van der Waals surface area contributed by atoms with Crippen LogP contribution in [0.15, 0.2) is 24.3 Å². The van der Waals surface area contributed by atoms with Gasteiger partial charge in [0.05, 0.1) is 6.61 Å². The summed E-state index contributed by atoms with van der Waals surface area (Å²) in [6, 6.07) is 8.23. The van der Waals surface area contributed by atoms with Gasteiger partial charge in [0, 0.05) is 28.1 Å². The second-order valence-corrected chi connectivity index (χ2v) is 9.26. The molecule has 1 aromatic heterocycles. The molecule has 0 radical (unpaired) electrons. The lowest BCUT2D eigenvalue weighted by molar-refractivity contribution is 0.131. The fourth-order valence-corrected chi connectivity index (χ4v) is 3.49. The van der Waals surface area contributed by atoms with Crippen LogP contribution in [-0.2, 0) is 30.8 Å². The van der Waals surface area contributed by atoms with Crippen molar-refractivity contribution in [3.05, 3.63) is 52.3 Å². The molecule has 0 bridgehead atoms. The normalized spacial score (nSPS) is 11.6. The van der Waals surface area contributed by atoms with E-state index in [1.165, 1.54) is 5.56 Å². The zero-order valence-corrected chi connectivity index (χ0v) is 19.4. The molecule has 30 heavy (non-hydrogen) atoms. The lowest BCUT2D eigenvalue weighted by Gasteiger charge is -2.23. The van der Waals surface area contributed by atoms with Gasteiger partial charge in [0.2, 0.25) is 0 Å². The van der Waals surface area contributed by atoms with E-state index in [2.05, 4.69) is 43.4 Å². The standard InChI is InChI=1S/C25H36N2O3/c1-8-21-19(14-28)23(18-11-9-17(4)10-12-18)20(22(26-21)13-16(2)3)15-30-24(29)27-25(5,6)7/h9-12,16,28H,8,13-15H2,1-7H3,(H,27,29). The summed E-state index contributed by atoms with van der Waals surface area (Å²) in [5, 5.41) is 13.1. The van der Waals surface area contributed by atoms with Crippen molar-refractivity contribution in [3.8, 4) is 11.1 Å². The summed E-state index contributed by atoms with van der Waals surface area (Å²) in [5.74, 6) is 0.398. The summed E-state index contributed by atoms with van der Waals surface area (Å²) in [6.45, 7) is 14.1. The number of rotatable bonds is 7. The molecule has 1 heterocycles. The first-order valence-corrected chi connectivity index (χ1v) is 10.7. The lowest BCUT2D eigenvalue weighted by atomic mass is 9.89. The number of pyridine rings is 1. The smallest absolute Gasteiger partial charge is 0.407 e. The van der Waals surface area contributed by atoms with E-state index in [9.17, 15) is 9.90 Å². The SMILES string of the molecule is CCc1nc(CC(C)C)c(COC(=O)NC(C)(C)C)c(-c2ccc(C)cc2)c1CO. The molecule has 0 spiro atoms. The van der Waals surface area contributed by atoms with E-state index in [1.54, 1.807) is 0 Å². The third-order valence-electron chi connectivity index (χ3n) is 4.83. The number of aromatic nitrogens is 1. The molecule has 0 saturated heterocycles. The largest absolute Gasteiger partial charge is 0.445 e. The number of aliphatic hydroxyl groups excluding tert-OH is 1. The molecule has 5 heteroatoms. The molecule has 0 aliphatic rings. The minimum absolute atomic E-state index is 0.108. The number of aliphatic hydroxyl groups is 1. The van der Waals surface area contributed by atoms with Crippen LogP contribution in [0, 0.1) is 12.8 Å².